The van der Waals surface area contributed by atoms with Crippen LogP contribution < -0.4 is 10.2 Å². The summed E-state index contributed by atoms with van der Waals surface area (Å²) in [5, 5.41) is 9.65. The highest BCUT2D eigenvalue weighted by atomic mass is 16.5. The van der Waals surface area contributed by atoms with Crippen molar-refractivity contribution in [1.82, 2.24) is 4.57 Å². The SMILES string of the molecule is COc1ccc2c(=O)c(C)c(C(=O)O)n(C)c2c1. The van der Waals surface area contributed by atoms with Crippen LogP contribution in [0.25, 0.3) is 10.9 Å². The molecule has 0 saturated heterocycles. The van der Waals surface area contributed by atoms with E-state index >= 15 is 0 Å². The molecule has 1 aromatic heterocycles. The molecule has 0 radical (unpaired) electrons. The molecule has 5 heteroatoms. The number of pyridine rings is 1. The number of aryl methyl sites for hydroxylation is 1. The standard InChI is InChI=1S/C13H13NO4/c1-7-11(13(16)17)14(2)10-6-8(18-3)4-5-9(10)12(7)15/h4-6H,1-3H3,(H,16,17). The number of aromatic carboxylic acids is 1. The molecule has 5 nitrogen and oxygen atoms in total. The smallest absolute Gasteiger partial charge is 0.352 e. The lowest BCUT2D eigenvalue weighted by molar-refractivity contribution is 0.0685. The third-order valence-electron chi connectivity index (χ3n) is 3.04. The maximum atomic E-state index is 12.1. The fraction of sp³-hybridized carbons (Fsp3) is 0.231. The van der Waals surface area contributed by atoms with Crippen molar-refractivity contribution in [2.24, 2.45) is 7.05 Å². The normalized spacial score (nSPS) is 10.6. The largest absolute Gasteiger partial charge is 0.497 e. The second kappa shape index (κ2) is 4.18. The molecule has 1 aromatic carbocycles. The van der Waals surface area contributed by atoms with Crippen molar-refractivity contribution in [3.8, 4) is 5.75 Å². The van der Waals surface area contributed by atoms with E-state index in [1.807, 2.05) is 0 Å². The number of fused-ring (bicyclic) bond motifs is 1. The van der Waals surface area contributed by atoms with Crippen LogP contribution in [-0.4, -0.2) is 22.8 Å². The number of carboxylic acid groups (broad SMARTS) is 1. The molecule has 0 atom stereocenters. The summed E-state index contributed by atoms with van der Waals surface area (Å²) in [6.07, 6.45) is 0. The maximum absolute atomic E-state index is 12.1. The van der Waals surface area contributed by atoms with Crippen LogP contribution in [0.2, 0.25) is 0 Å². The number of hydrogen-bond acceptors (Lipinski definition) is 3. The molecule has 0 fully saturated rings. The number of benzene rings is 1. The van der Waals surface area contributed by atoms with Gasteiger partial charge < -0.3 is 14.4 Å². The minimum Gasteiger partial charge on any atom is -0.497 e. The summed E-state index contributed by atoms with van der Waals surface area (Å²) in [5.74, 6) is -0.533. The van der Waals surface area contributed by atoms with Gasteiger partial charge in [-0.15, -0.1) is 0 Å². The lowest BCUT2D eigenvalue weighted by atomic mass is 10.1. The number of nitrogens with zero attached hydrogens (tertiary/aromatic N) is 1. The zero-order chi connectivity index (χ0) is 13.4. The number of rotatable bonds is 2. The second-order valence-electron chi connectivity index (χ2n) is 4.05. The average Bonchev–Trinajstić information content (AvgIpc) is 2.35. The van der Waals surface area contributed by atoms with E-state index in [1.165, 1.54) is 18.6 Å². The molecule has 0 unspecified atom stereocenters. The first-order chi connectivity index (χ1) is 8.47. The van der Waals surface area contributed by atoms with Gasteiger partial charge in [0.2, 0.25) is 0 Å². The lowest BCUT2D eigenvalue weighted by Crippen LogP contribution is -2.20. The fourth-order valence-electron chi connectivity index (χ4n) is 2.09. The number of carbonyl (C=O) groups is 1. The van der Waals surface area contributed by atoms with Crippen LogP contribution in [0, 0.1) is 6.92 Å². The molecule has 18 heavy (non-hydrogen) atoms. The van der Waals surface area contributed by atoms with Crippen LogP contribution in [0.4, 0.5) is 0 Å². The van der Waals surface area contributed by atoms with Crippen molar-refractivity contribution < 1.29 is 14.6 Å². The molecule has 0 aliphatic heterocycles. The Hall–Kier alpha value is -2.30. The molecule has 0 amide bonds. The summed E-state index contributed by atoms with van der Waals surface area (Å²) < 4.78 is 6.58. The molecular weight excluding hydrogens is 234 g/mol. The van der Waals surface area contributed by atoms with Crippen molar-refractivity contribution in [3.05, 3.63) is 39.7 Å². The molecule has 2 aromatic rings. The molecule has 94 valence electrons. The Balaban J connectivity index is 2.99. The monoisotopic (exact) mass is 247 g/mol. The summed E-state index contributed by atoms with van der Waals surface area (Å²) in [4.78, 5) is 23.3. The Morgan fingerprint density at radius 1 is 1.39 bits per heavy atom. The minimum atomic E-state index is -1.11. The van der Waals surface area contributed by atoms with Crippen molar-refractivity contribution in [3.63, 3.8) is 0 Å². The van der Waals surface area contributed by atoms with Crippen molar-refractivity contribution in [2.75, 3.05) is 7.11 Å². The van der Waals surface area contributed by atoms with E-state index < -0.39 is 5.97 Å². The van der Waals surface area contributed by atoms with Gasteiger partial charge in [-0.05, 0) is 19.1 Å². The van der Waals surface area contributed by atoms with Gasteiger partial charge in [-0.1, -0.05) is 0 Å². The number of carboxylic acids is 1. The van der Waals surface area contributed by atoms with Gasteiger partial charge in [0.05, 0.1) is 12.6 Å². The van der Waals surface area contributed by atoms with E-state index in [0.29, 0.717) is 16.7 Å². The first kappa shape index (κ1) is 12.2. The second-order valence-corrected chi connectivity index (χ2v) is 4.05. The van der Waals surface area contributed by atoms with Crippen LogP contribution >= 0.6 is 0 Å². The van der Waals surface area contributed by atoms with E-state index in [9.17, 15) is 9.59 Å². The predicted molar refractivity (Wildman–Crippen MR) is 67.4 cm³/mol. The van der Waals surface area contributed by atoms with Gasteiger partial charge in [0.15, 0.2) is 5.43 Å². The molecule has 0 aliphatic carbocycles. The fourth-order valence-corrected chi connectivity index (χ4v) is 2.09. The summed E-state index contributed by atoms with van der Waals surface area (Å²) in [6.45, 7) is 1.52. The molecule has 2 rings (SSSR count). The number of ether oxygens (including phenoxy) is 1. The summed E-state index contributed by atoms with van der Waals surface area (Å²) in [6, 6.07) is 4.99. The third kappa shape index (κ3) is 1.64. The molecule has 1 N–H and O–H groups in total. The summed E-state index contributed by atoms with van der Waals surface area (Å²) >= 11 is 0. The highest BCUT2D eigenvalue weighted by Gasteiger charge is 2.17. The number of aromatic nitrogens is 1. The van der Waals surface area contributed by atoms with E-state index in [2.05, 4.69) is 0 Å². The zero-order valence-electron chi connectivity index (χ0n) is 10.4. The van der Waals surface area contributed by atoms with Gasteiger partial charge in [0.1, 0.15) is 11.4 Å². The number of hydrogen-bond donors (Lipinski definition) is 1. The van der Waals surface area contributed by atoms with Gasteiger partial charge >= 0.3 is 5.97 Å². The molecular formula is C13H13NO4. The van der Waals surface area contributed by atoms with Crippen LogP contribution in [0.3, 0.4) is 0 Å². The lowest BCUT2D eigenvalue weighted by Gasteiger charge is -2.12. The van der Waals surface area contributed by atoms with Crippen molar-refractivity contribution in [2.45, 2.75) is 6.92 Å². The quantitative estimate of drug-likeness (QED) is 0.874. The van der Waals surface area contributed by atoms with Crippen LogP contribution in [0.1, 0.15) is 16.1 Å². The first-order valence-corrected chi connectivity index (χ1v) is 5.38. The number of methoxy groups -OCH3 is 1. The highest BCUT2D eigenvalue weighted by Crippen LogP contribution is 2.20. The third-order valence-corrected chi connectivity index (χ3v) is 3.04. The van der Waals surface area contributed by atoms with Gasteiger partial charge in [-0.2, -0.15) is 0 Å². The van der Waals surface area contributed by atoms with Gasteiger partial charge in [0.25, 0.3) is 0 Å². The summed E-state index contributed by atoms with van der Waals surface area (Å²) in [5.41, 5.74) is 0.522. The van der Waals surface area contributed by atoms with E-state index in [0.717, 1.165) is 0 Å². The first-order valence-electron chi connectivity index (χ1n) is 5.38. The molecule has 0 spiro atoms. The maximum Gasteiger partial charge on any atom is 0.352 e. The predicted octanol–water partition coefficient (Wildman–Crippen LogP) is 1.55. The average molecular weight is 247 g/mol. The van der Waals surface area contributed by atoms with Gasteiger partial charge in [-0.3, -0.25) is 4.79 Å². The van der Waals surface area contributed by atoms with Crippen LogP contribution in [-0.2, 0) is 7.05 Å². The molecule has 0 saturated carbocycles. The molecule has 0 aliphatic rings. The van der Waals surface area contributed by atoms with Crippen LogP contribution in [0.5, 0.6) is 5.75 Å². The Kier molecular flexibility index (Phi) is 2.82. The van der Waals surface area contributed by atoms with Gasteiger partial charge in [0, 0.05) is 24.1 Å². The van der Waals surface area contributed by atoms with E-state index in [1.54, 1.807) is 25.2 Å². The topological polar surface area (TPSA) is 68.5 Å². The highest BCUT2D eigenvalue weighted by molar-refractivity contribution is 5.92. The Morgan fingerprint density at radius 2 is 2.06 bits per heavy atom. The van der Waals surface area contributed by atoms with E-state index in [-0.39, 0.29) is 16.7 Å². The summed E-state index contributed by atoms with van der Waals surface area (Å²) in [7, 11) is 3.14. The van der Waals surface area contributed by atoms with Crippen molar-refractivity contribution in [1.29, 1.82) is 0 Å². The van der Waals surface area contributed by atoms with Gasteiger partial charge in [-0.25, -0.2) is 4.79 Å². The Morgan fingerprint density at radius 3 is 2.61 bits per heavy atom. The Labute approximate surface area is 103 Å². The minimum absolute atomic E-state index is 0.000697. The Bertz CT molecular complexity index is 700. The van der Waals surface area contributed by atoms with E-state index in [4.69, 9.17) is 9.84 Å². The zero-order valence-corrected chi connectivity index (χ0v) is 10.4. The van der Waals surface area contributed by atoms with Crippen LogP contribution in [0.15, 0.2) is 23.0 Å². The molecule has 0 bridgehead atoms. The van der Waals surface area contributed by atoms with Crippen molar-refractivity contribution >= 4 is 16.9 Å². The molecule has 1 heterocycles.